The van der Waals surface area contributed by atoms with E-state index in [4.69, 9.17) is 9.47 Å². The molecular formula is C15H22O3. The molecular weight excluding hydrogens is 228 g/mol. The third kappa shape index (κ3) is 5.32. The lowest BCUT2D eigenvalue weighted by molar-refractivity contribution is 0.0739. The fourth-order valence-corrected chi connectivity index (χ4v) is 1.47. The first-order valence-electron chi connectivity index (χ1n) is 6.47. The predicted octanol–water partition coefficient (Wildman–Crippen LogP) is 3.33. The summed E-state index contributed by atoms with van der Waals surface area (Å²) in [5.41, 5.74) is 0.669. The summed E-state index contributed by atoms with van der Waals surface area (Å²) in [6, 6.07) is 7.17. The second kappa shape index (κ2) is 7.88. The third-order valence-corrected chi connectivity index (χ3v) is 2.56. The van der Waals surface area contributed by atoms with Gasteiger partial charge in [0.15, 0.2) is 5.78 Å². The van der Waals surface area contributed by atoms with E-state index in [1.54, 1.807) is 12.1 Å². The van der Waals surface area contributed by atoms with E-state index >= 15 is 0 Å². The van der Waals surface area contributed by atoms with Crippen LogP contribution in [-0.2, 0) is 4.74 Å². The average Bonchev–Trinajstić information content (AvgIpc) is 2.35. The van der Waals surface area contributed by atoms with Crippen LogP contribution in [0.2, 0.25) is 0 Å². The summed E-state index contributed by atoms with van der Waals surface area (Å²) >= 11 is 0. The molecule has 1 aromatic rings. The topological polar surface area (TPSA) is 35.5 Å². The van der Waals surface area contributed by atoms with Crippen molar-refractivity contribution < 1.29 is 14.3 Å². The molecule has 3 nitrogen and oxygen atoms in total. The Bertz CT molecular complexity index is 355. The molecule has 0 saturated carbocycles. The lowest BCUT2D eigenvalue weighted by Gasteiger charge is -2.07. The molecule has 0 amide bonds. The van der Waals surface area contributed by atoms with Gasteiger partial charge in [0.1, 0.15) is 12.4 Å². The molecule has 0 saturated heterocycles. The van der Waals surface area contributed by atoms with Gasteiger partial charge in [-0.2, -0.15) is 0 Å². The van der Waals surface area contributed by atoms with Gasteiger partial charge in [-0.1, -0.05) is 13.8 Å². The number of hydrogen-bond donors (Lipinski definition) is 0. The van der Waals surface area contributed by atoms with Crippen LogP contribution in [-0.4, -0.2) is 25.6 Å². The Labute approximate surface area is 109 Å². The molecule has 0 atom stereocenters. The molecule has 0 aliphatic heterocycles. The van der Waals surface area contributed by atoms with Crippen molar-refractivity contribution in [3.63, 3.8) is 0 Å². The SMILES string of the molecule is CCOc1ccc(C(=O)COCCC(C)C)cc1. The number of Topliss-reactive ketones (excluding diaryl/α,β-unsaturated/α-hetero) is 1. The molecule has 18 heavy (non-hydrogen) atoms. The van der Waals surface area contributed by atoms with E-state index in [0.717, 1.165) is 12.2 Å². The van der Waals surface area contributed by atoms with Crippen molar-refractivity contribution >= 4 is 5.78 Å². The molecule has 0 spiro atoms. The van der Waals surface area contributed by atoms with Crippen molar-refractivity contribution in [2.24, 2.45) is 5.92 Å². The number of ketones is 1. The van der Waals surface area contributed by atoms with Gasteiger partial charge >= 0.3 is 0 Å². The van der Waals surface area contributed by atoms with Gasteiger partial charge in [-0.05, 0) is 43.5 Å². The standard InChI is InChI=1S/C15H22O3/c1-4-18-14-7-5-13(6-8-14)15(16)11-17-10-9-12(2)3/h5-8,12H,4,9-11H2,1-3H3. The average molecular weight is 250 g/mol. The van der Waals surface area contributed by atoms with Gasteiger partial charge in [0.2, 0.25) is 0 Å². The van der Waals surface area contributed by atoms with Crippen LogP contribution >= 0.6 is 0 Å². The molecule has 100 valence electrons. The number of ether oxygens (including phenoxy) is 2. The van der Waals surface area contributed by atoms with Crippen molar-refractivity contribution in [3.05, 3.63) is 29.8 Å². The summed E-state index contributed by atoms with van der Waals surface area (Å²) in [5.74, 6) is 1.40. The van der Waals surface area contributed by atoms with Crippen molar-refractivity contribution in [1.29, 1.82) is 0 Å². The minimum absolute atomic E-state index is 0.0156. The second-order valence-corrected chi connectivity index (χ2v) is 4.62. The highest BCUT2D eigenvalue weighted by molar-refractivity contribution is 5.97. The Morgan fingerprint density at radius 2 is 1.89 bits per heavy atom. The molecule has 0 aliphatic rings. The zero-order chi connectivity index (χ0) is 13.4. The lowest BCUT2D eigenvalue weighted by Crippen LogP contribution is -2.10. The maximum Gasteiger partial charge on any atom is 0.188 e. The molecule has 0 heterocycles. The minimum Gasteiger partial charge on any atom is -0.494 e. The van der Waals surface area contributed by atoms with Gasteiger partial charge < -0.3 is 9.47 Å². The zero-order valence-corrected chi connectivity index (χ0v) is 11.4. The van der Waals surface area contributed by atoms with Gasteiger partial charge in [-0.15, -0.1) is 0 Å². The summed E-state index contributed by atoms with van der Waals surface area (Å²) in [4.78, 5) is 11.8. The summed E-state index contributed by atoms with van der Waals surface area (Å²) in [6.07, 6.45) is 0.983. The van der Waals surface area contributed by atoms with Crippen LogP contribution in [0.15, 0.2) is 24.3 Å². The number of carbonyl (C=O) groups excluding carboxylic acids is 1. The van der Waals surface area contributed by atoms with Crippen molar-refractivity contribution in [2.75, 3.05) is 19.8 Å². The van der Waals surface area contributed by atoms with Gasteiger partial charge in [0, 0.05) is 12.2 Å². The first kappa shape index (κ1) is 14.7. The maximum atomic E-state index is 11.8. The normalized spacial score (nSPS) is 10.7. The Balaban J connectivity index is 2.37. The maximum absolute atomic E-state index is 11.8. The Morgan fingerprint density at radius 1 is 1.22 bits per heavy atom. The predicted molar refractivity (Wildman–Crippen MR) is 72.2 cm³/mol. The van der Waals surface area contributed by atoms with Crippen molar-refractivity contribution in [1.82, 2.24) is 0 Å². The number of hydrogen-bond acceptors (Lipinski definition) is 3. The van der Waals surface area contributed by atoms with Gasteiger partial charge in [0.05, 0.1) is 6.61 Å². The summed E-state index contributed by atoms with van der Waals surface area (Å²) < 4.78 is 10.7. The van der Waals surface area contributed by atoms with E-state index in [-0.39, 0.29) is 12.4 Å². The van der Waals surface area contributed by atoms with Crippen LogP contribution in [0.4, 0.5) is 0 Å². The van der Waals surface area contributed by atoms with Crippen LogP contribution in [0.1, 0.15) is 37.6 Å². The van der Waals surface area contributed by atoms with Gasteiger partial charge in [-0.3, -0.25) is 4.79 Å². The van der Waals surface area contributed by atoms with Crippen LogP contribution in [0.3, 0.4) is 0 Å². The van der Waals surface area contributed by atoms with E-state index < -0.39 is 0 Å². The molecule has 1 rings (SSSR count). The van der Waals surface area contributed by atoms with Gasteiger partial charge in [0.25, 0.3) is 0 Å². The Kier molecular flexibility index (Phi) is 6.44. The molecule has 0 fully saturated rings. The van der Waals surface area contributed by atoms with Crippen molar-refractivity contribution in [2.45, 2.75) is 27.2 Å². The van der Waals surface area contributed by atoms with E-state index in [0.29, 0.717) is 24.7 Å². The first-order valence-corrected chi connectivity index (χ1v) is 6.47. The highest BCUT2D eigenvalue weighted by atomic mass is 16.5. The fourth-order valence-electron chi connectivity index (χ4n) is 1.47. The molecule has 0 aliphatic carbocycles. The second-order valence-electron chi connectivity index (χ2n) is 4.62. The Morgan fingerprint density at radius 3 is 2.44 bits per heavy atom. The largest absolute Gasteiger partial charge is 0.494 e. The highest BCUT2D eigenvalue weighted by Crippen LogP contribution is 2.12. The summed E-state index contributed by atoms with van der Waals surface area (Å²) in [7, 11) is 0. The van der Waals surface area contributed by atoms with E-state index in [9.17, 15) is 4.79 Å². The molecule has 0 unspecified atom stereocenters. The van der Waals surface area contributed by atoms with Crippen LogP contribution in [0.5, 0.6) is 5.75 Å². The monoisotopic (exact) mass is 250 g/mol. The van der Waals surface area contributed by atoms with E-state index in [2.05, 4.69) is 13.8 Å². The lowest BCUT2D eigenvalue weighted by atomic mass is 10.1. The van der Waals surface area contributed by atoms with E-state index in [1.165, 1.54) is 0 Å². The third-order valence-electron chi connectivity index (χ3n) is 2.56. The number of carbonyl (C=O) groups is 1. The van der Waals surface area contributed by atoms with E-state index in [1.807, 2.05) is 19.1 Å². The first-order chi connectivity index (χ1) is 8.63. The smallest absolute Gasteiger partial charge is 0.188 e. The summed E-state index contributed by atoms with van der Waals surface area (Å²) in [5, 5.41) is 0. The van der Waals surface area contributed by atoms with Crippen LogP contribution < -0.4 is 4.74 Å². The molecule has 1 aromatic carbocycles. The zero-order valence-electron chi connectivity index (χ0n) is 11.4. The van der Waals surface area contributed by atoms with Crippen LogP contribution in [0, 0.1) is 5.92 Å². The van der Waals surface area contributed by atoms with Crippen LogP contribution in [0.25, 0.3) is 0 Å². The molecule has 3 heteroatoms. The number of rotatable bonds is 8. The summed E-state index contributed by atoms with van der Waals surface area (Å²) in [6.45, 7) is 7.63. The molecule has 0 aromatic heterocycles. The molecule has 0 N–H and O–H groups in total. The fraction of sp³-hybridized carbons (Fsp3) is 0.533. The molecule has 0 radical (unpaired) electrons. The van der Waals surface area contributed by atoms with Gasteiger partial charge in [-0.25, -0.2) is 0 Å². The van der Waals surface area contributed by atoms with Crippen molar-refractivity contribution in [3.8, 4) is 5.75 Å². The molecule has 0 bridgehead atoms. The highest BCUT2D eigenvalue weighted by Gasteiger charge is 2.06. The number of benzene rings is 1. The Hall–Kier alpha value is -1.35. The quantitative estimate of drug-likeness (QED) is 0.524. The minimum atomic E-state index is 0.0156.